The number of hydrogen-bond donors (Lipinski definition) is 1. The molecule has 2 amide bonds. The number of cyclic esters (lactones) is 1. The Labute approximate surface area is 239 Å². The van der Waals surface area contributed by atoms with Crippen molar-refractivity contribution < 1.29 is 32.2 Å². The van der Waals surface area contributed by atoms with Crippen LogP contribution >= 0.6 is 0 Å². The van der Waals surface area contributed by atoms with E-state index in [0.29, 0.717) is 44.0 Å². The summed E-state index contributed by atoms with van der Waals surface area (Å²) in [5, 5.41) is 2.77. The number of carbonyl (C=O) groups is 2. The number of benzene rings is 3. The minimum atomic E-state index is -4.57. The van der Waals surface area contributed by atoms with Gasteiger partial charge in [-0.05, 0) is 61.2 Å². The number of halogens is 3. The lowest BCUT2D eigenvalue weighted by Gasteiger charge is -2.26. The van der Waals surface area contributed by atoms with E-state index in [9.17, 15) is 22.8 Å². The van der Waals surface area contributed by atoms with E-state index in [1.54, 1.807) is 6.07 Å². The molecule has 2 heterocycles. The van der Waals surface area contributed by atoms with Crippen molar-refractivity contribution in [1.29, 1.82) is 0 Å². The van der Waals surface area contributed by atoms with E-state index in [4.69, 9.17) is 14.5 Å². The SMILES string of the molecule is O=C(Nc1nc2cc(N3CCCOC3=O)ccc2n1C12CC1(COCc1ccccc1)C2)c1cccc(C(F)(F)F)c1. The molecule has 0 radical (unpaired) electrons. The number of amides is 2. The van der Waals surface area contributed by atoms with Crippen LogP contribution in [0, 0.1) is 5.41 Å². The lowest BCUT2D eigenvalue weighted by molar-refractivity contribution is -0.137. The van der Waals surface area contributed by atoms with Crippen molar-refractivity contribution in [1.82, 2.24) is 9.55 Å². The molecule has 11 heteroatoms. The fraction of sp³-hybridized carbons (Fsp3) is 0.323. The molecular weight excluding hydrogens is 549 g/mol. The molecule has 3 fully saturated rings. The molecule has 0 bridgehead atoms. The lowest BCUT2D eigenvalue weighted by atomic mass is 10.1. The quantitative estimate of drug-likeness (QED) is 0.264. The Hall–Kier alpha value is -4.38. The van der Waals surface area contributed by atoms with E-state index in [-0.39, 0.29) is 22.5 Å². The van der Waals surface area contributed by atoms with Gasteiger partial charge >= 0.3 is 12.3 Å². The minimum absolute atomic E-state index is 0.111. The smallest absolute Gasteiger partial charge is 0.416 e. The van der Waals surface area contributed by atoms with Gasteiger partial charge in [0, 0.05) is 23.2 Å². The standard InChI is InChI=1S/C31H27F3N4O4/c32-31(33,34)22-9-4-8-21(14-22)26(39)36-27-35-24-15-23(37-12-5-13-42-28(37)40)10-11-25(24)38(27)30-17-29(30,18-30)19-41-16-20-6-2-1-3-7-20/h1-4,6-11,14-15H,5,12-13,16-19H2,(H,35,36,39). The van der Waals surface area contributed by atoms with Gasteiger partial charge in [-0.2, -0.15) is 13.2 Å². The summed E-state index contributed by atoms with van der Waals surface area (Å²) in [5.74, 6) is -0.450. The van der Waals surface area contributed by atoms with Crippen molar-refractivity contribution in [3.8, 4) is 0 Å². The zero-order chi connectivity index (χ0) is 29.1. The summed E-state index contributed by atoms with van der Waals surface area (Å²) < 4.78 is 53.2. The molecule has 216 valence electrons. The first-order chi connectivity index (χ1) is 20.2. The number of rotatable bonds is 8. The molecule has 0 unspecified atom stereocenters. The first-order valence-corrected chi connectivity index (χ1v) is 13.8. The first kappa shape index (κ1) is 26.5. The molecule has 4 aromatic rings. The third kappa shape index (κ3) is 4.48. The lowest BCUT2D eigenvalue weighted by Crippen LogP contribution is -2.37. The van der Waals surface area contributed by atoms with Gasteiger partial charge in [0.2, 0.25) is 5.95 Å². The Kier molecular flexibility index (Phi) is 6.05. The van der Waals surface area contributed by atoms with Crippen molar-refractivity contribution in [2.24, 2.45) is 5.41 Å². The normalized spacial score (nSPS) is 22.9. The van der Waals surface area contributed by atoms with Crippen molar-refractivity contribution >= 4 is 34.7 Å². The molecule has 2 aliphatic carbocycles. The molecule has 42 heavy (non-hydrogen) atoms. The van der Waals surface area contributed by atoms with E-state index in [2.05, 4.69) is 5.32 Å². The van der Waals surface area contributed by atoms with Crippen molar-refractivity contribution in [3.05, 3.63) is 89.5 Å². The number of hydrogen-bond acceptors (Lipinski definition) is 5. The fourth-order valence-corrected chi connectivity index (χ4v) is 6.10. The molecule has 7 rings (SSSR count). The maximum Gasteiger partial charge on any atom is 0.416 e. The van der Waals surface area contributed by atoms with Gasteiger partial charge in [-0.1, -0.05) is 36.4 Å². The third-order valence-electron chi connectivity index (χ3n) is 8.52. The Balaban J connectivity index is 1.20. The average molecular weight is 577 g/mol. The molecule has 1 N–H and O–H groups in total. The van der Waals surface area contributed by atoms with Crippen LogP contribution in [-0.2, 0) is 27.8 Å². The Bertz CT molecular complexity index is 1700. The highest BCUT2D eigenvalue weighted by atomic mass is 19.4. The highest BCUT2D eigenvalue weighted by molar-refractivity contribution is 6.04. The van der Waals surface area contributed by atoms with Crippen LogP contribution in [0.3, 0.4) is 0 Å². The molecule has 8 nitrogen and oxygen atoms in total. The summed E-state index contributed by atoms with van der Waals surface area (Å²) in [6.45, 7) is 1.89. The number of imidazole rings is 1. The van der Waals surface area contributed by atoms with Crippen LogP contribution in [0.15, 0.2) is 72.8 Å². The Morgan fingerprint density at radius 1 is 1.05 bits per heavy atom. The van der Waals surface area contributed by atoms with Crippen LogP contribution in [0.4, 0.5) is 29.6 Å². The van der Waals surface area contributed by atoms with Crippen molar-refractivity contribution in [2.45, 2.75) is 37.6 Å². The topological polar surface area (TPSA) is 85.7 Å². The summed E-state index contributed by atoms with van der Waals surface area (Å²) >= 11 is 0. The molecule has 1 aromatic heterocycles. The van der Waals surface area contributed by atoms with Gasteiger partial charge < -0.3 is 14.0 Å². The number of anilines is 2. The minimum Gasteiger partial charge on any atom is -0.449 e. The van der Waals surface area contributed by atoms with Gasteiger partial charge in [0.05, 0.1) is 42.0 Å². The van der Waals surface area contributed by atoms with Crippen molar-refractivity contribution in [3.63, 3.8) is 0 Å². The summed E-state index contributed by atoms with van der Waals surface area (Å²) in [6, 6.07) is 19.6. The number of aromatic nitrogens is 2. The van der Waals surface area contributed by atoms with Gasteiger partial charge in [0.1, 0.15) is 0 Å². The molecule has 3 aromatic carbocycles. The molecule has 0 spiro atoms. The Morgan fingerprint density at radius 3 is 2.62 bits per heavy atom. The van der Waals surface area contributed by atoms with Crippen LogP contribution in [0.25, 0.3) is 11.0 Å². The maximum atomic E-state index is 13.3. The molecule has 1 saturated heterocycles. The summed E-state index contributed by atoms with van der Waals surface area (Å²) in [5.41, 5.74) is 1.55. The number of ether oxygens (including phenoxy) is 2. The van der Waals surface area contributed by atoms with E-state index in [1.807, 2.05) is 47.0 Å². The van der Waals surface area contributed by atoms with Crippen molar-refractivity contribution in [2.75, 3.05) is 30.0 Å². The summed E-state index contributed by atoms with van der Waals surface area (Å²) in [7, 11) is 0. The van der Waals surface area contributed by atoms with Gasteiger partial charge in [-0.25, -0.2) is 9.78 Å². The predicted octanol–water partition coefficient (Wildman–Crippen LogP) is 6.36. The molecule has 2 saturated carbocycles. The molecule has 3 aliphatic rings. The maximum absolute atomic E-state index is 13.3. The van der Waals surface area contributed by atoms with Crippen LogP contribution in [0.2, 0.25) is 0 Å². The van der Waals surface area contributed by atoms with Crippen LogP contribution in [0.1, 0.15) is 40.7 Å². The number of alkyl halides is 3. The fourth-order valence-electron chi connectivity index (χ4n) is 6.10. The number of nitrogens with one attached hydrogen (secondary N) is 1. The number of fused-ring (bicyclic) bond motifs is 2. The van der Waals surface area contributed by atoms with Gasteiger partial charge in [-0.3, -0.25) is 15.0 Å². The summed E-state index contributed by atoms with van der Waals surface area (Å²) in [4.78, 5) is 31.8. The zero-order valence-corrected chi connectivity index (χ0v) is 22.5. The average Bonchev–Trinajstić information content (AvgIpc) is 3.74. The van der Waals surface area contributed by atoms with Crippen LogP contribution in [-0.4, -0.2) is 41.3 Å². The number of carbonyl (C=O) groups excluding carboxylic acids is 2. The van der Waals surface area contributed by atoms with E-state index >= 15 is 0 Å². The van der Waals surface area contributed by atoms with Gasteiger partial charge in [0.15, 0.2) is 0 Å². The Morgan fingerprint density at radius 2 is 1.86 bits per heavy atom. The van der Waals surface area contributed by atoms with E-state index < -0.39 is 23.7 Å². The van der Waals surface area contributed by atoms with Crippen LogP contribution in [0.5, 0.6) is 0 Å². The van der Waals surface area contributed by atoms with Gasteiger partial charge in [-0.15, -0.1) is 0 Å². The second kappa shape index (κ2) is 9.59. The van der Waals surface area contributed by atoms with Gasteiger partial charge in [0.25, 0.3) is 5.91 Å². The second-order valence-corrected chi connectivity index (χ2v) is 11.2. The number of nitrogens with zero attached hydrogens (tertiary/aromatic N) is 3. The highest BCUT2D eigenvalue weighted by Crippen LogP contribution is 2.84. The zero-order valence-electron chi connectivity index (χ0n) is 22.5. The van der Waals surface area contributed by atoms with E-state index in [0.717, 1.165) is 36.1 Å². The third-order valence-corrected chi connectivity index (χ3v) is 8.52. The summed E-state index contributed by atoms with van der Waals surface area (Å²) in [6.07, 6.45) is -2.66. The first-order valence-electron chi connectivity index (χ1n) is 13.8. The largest absolute Gasteiger partial charge is 0.449 e. The van der Waals surface area contributed by atoms with E-state index in [1.165, 1.54) is 17.0 Å². The molecular formula is C31H27F3N4O4. The predicted molar refractivity (Wildman–Crippen MR) is 148 cm³/mol. The highest BCUT2D eigenvalue weighted by Gasteiger charge is 2.85. The second-order valence-electron chi connectivity index (χ2n) is 11.2. The molecule has 0 atom stereocenters. The molecule has 1 aliphatic heterocycles. The van der Waals surface area contributed by atoms with Crippen LogP contribution < -0.4 is 10.2 Å². The monoisotopic (exact) mass is 576 g/mol.